The first kappa shape index (κ1) is 17.4. The fourth-order valence-electron chi connectivity index (χ4n) is 2.60. The number of phenols is 1. The second kappa shape index (κ2) is 6.81. The van der Waals surface area contributed by atoms with Gasteiger partial charge in [-0.25, -0.2) is 0 Å². The molecule has 0 saturated carbocycles. The highest BCUT2D eigenvalue weighted by Crippen LogP contribution is 2.46. The number of rotatable bonds is 4. The minimum absolute atomic E-state index is 0.0137. The molecular formula is C16H13ClN2O5S. The van der Waals surface area contributed by atoms with Crippen LogP contribution in [0, 0.1) is 10.1 Å². The maximum Gasteiger partial charge on any atom is 0.315 e. The number of hydrogen-bond donors (Lipinski definition) is 1. The normalized spacial score (nSPS) is 17.0. The molecule has 0 aliphatic carbocycles. The topological polar surface area (TPSA) is 92.9 Å². The highest BCUT2D eigenvalue weighted by Gasteiger charge is 2.36. The summed E-state index contributed by atoms with van der Waals surface area (Å²) in [6, 6.07) is 9.53. The van der Waals surface area contributed by atoms with E-state index in [0.29, 0.717) is 16.3 Å². The Morgan fingerprint density at radius 3 is 2.64 bits per heavy atom. The number of nitrogens with zero attached hydrogens (tertiary/aromatic N) is 2. The van der Waals surface area contributed by atoms with Crippen molar-refractivity contribution in [2.75, 3.05) is 17.8 Å². The summed E-state index contributed by atoms with van der Waals surface area (Å²) in [5.41, 5.74) is 0.664. The van der Waals surface area contributed by atoms with Gasteiger partial charge in [-0.15, -0.1) is 11.8 Å². The van der Waals surface area contributed by atoms with E-state index in [1.807, 2.05) is 0 Å². The summed E-state index contributed by atoms with van der Waals surface area (Å²) in [5.74, 6) is -0.430. The van der Waals surface area contributed by atoms with Gasteiger partial charge in [-0.05, 0) is 35.9 Å². The standard InChI is InChI=1S/C16H13ClN2O5S/c1-24-13-7-9(6-12(15(13)21)19(22)23)16-18(14(20)8-25-16)11-4-2-10(17)3-5-11/h2-7,16,21H,8H2,1H3/t16-/m0/s1. The molecule has 1 N–H and O–H groups in total. The van der Waals surface area contributed by atoms with Gasteiger partial charge < -0.3 is 9.84 Å². The Balaban J connectivity index is 2.08. The van der Waals surface area contributed by atoms with Gasteiger partial charge in [-0.1, -0.05) is 11.6 Å². The summed E-state index contributed by atoms with van der Waals surface area (Å²) in [7, 11) is 1.31. The van der Waals surface area contributed by atoms with E-state index < -0.39 is 21.7 Å². The van der Waals surface area contributed by atoms with Crippen LogP contribution in [0.3, 0.4) is 0 Å². The maximum absolute atomic E-state index is 12.3. The van der Waals surface area contributed by atoms with Crippen LogP contribution in [-0.2, 0) is 4.79 Å². The smallest absolute Gasteiger partial charge is 0.315 e. The third-order valence-corrected chi connectivity index (χ3v) is 5.22. The Bertz CT molecular complexity index is 843. The van der Waals surface area contributed by atoms with Crippen molar-refractivity contribution in [1.82, 2.24) is 0 Å². The third kappa shape index (κ3) is 3.22. The zero-order chi connectivity index (χ0) is 18.1. The largest absolute Gasteiger partial charge is 0.500 e. The van der Waals surface area contributed by atoms with Crippen LogP contribution < -0.4 is 9.64 Å². The van der Waals surface area contributed by atoms with Gasteiger partial charge >= 0.3 is 5.69 Å². The summed E-state index contributed by atoms with van der Waals surface area (Å²) in [4.78, 5) is 24.4. The van der Waals surface area contributed by atoms with Gasteiger partial charge in [0.05, 0.1) is 17.8 Å². The number of halogens is 1. The number of benzene rings is 2. The Kier molecular flexibility index (Phi) is 4.73. The van der Waals surface area contributed by atoms with Crippen molar-refractivity contribution in [3.05, 3.63) is 57.1 Å². The van der Waals surface area contributed by atoms with Crippen LogP contribution in [0.15, 0.2) is 36.4 Å². The molecule has 0 bridgehead atoms. The Morgan fingerprint density at radius 1 is 1.36 bits per heavy atom. The van der Waals surface area contributed by atoms with Crippen LogP contribution in [0.25, 0.3) is 0 Å². The Hall–Kier alpha value is -2.45. The number of nitro groups is 1. The number of methoxy groups -OCH3 is 1. The lowest BCUT2D eigenvalue weighted by atomic mass is 10.1. The van der Waals surface area contributed by atoms with Crippen LogP contribution in [0.5, 0.6) is 11.5 Å². The molecule has 2 aromatic carbocycles. The monoisotopic (exact) mass is 380 g/mol. The summed E-state index contributed by atoms with van der Waals surface area (Å²) in [5, 5.41) is 21.2. The number of ether oxygens (including phenoxy) is 1. The van der Waals surface area contributed by atoms with Crippen molar-refractivity contribution in [3.8, 4) is 11.5 Å². The first-order valence-electron chi connectivity index (χ1n) is 7.17. The van der Waals surface area contributed by atoms with E-state index in [1.54, 1.807) is 29.2 Å². The molecule has 130 valence electrons. The van der Waals surface area contributed by atoms with Gasteiger partial charge in [0.2, 0.25) is 11.7 Å². The second-order valence-electron chi connectivity index (χ2n) is 5.25. The molecule has 25 heavy (non-hydrogen) atoms. The van der Waals surface area contributed by atoms with Gasteiger partial charge in [-0.2, -0.15) is 0 Å². The highest BCUT2D eigenvalue weighted by atomic mass is 35.5. The summed E-state index contributed by atoms with van der Waals surface area (Å²) in [6.07, 6.45) is 0. The minimum Gasteiger partial charge on any atom is -0.500 e. The first-order chi connectivity index (χ1) is 11.9. The molecule has 1 heterocycles. The minimum atomic E-state index is -0.685. The van der Waals surface area contributed by atoms with Gasteiger partial charge in [0.15, 0.2) is 5.75 Å². The van der Waals surface area contributed by atoms with E-state index in [-0.39, 0.29) is 17.4 Å². The lowest BCUT2D eigenvalue weighted by Crippen LogP contribution is -2.27. The zero-order valence-corrected chi connectivity index (χ0v) is 14.6. The second-order valence-corrected chi connectivity index (χ2v) is 6.76. The molecule has 0 aromatic heterocycles. The average molecular weight is 381 g/mol. The predicted octanol–water partition coefficient (Wildman–Crippen LogP) is 3.74. The molecule has 1 fully saturated rings. The van der Waals surface area contributed by atoms with E-state index >= 15 is 0 Å². The highest BCUT2D eigenvalue weighted by molar-refractivity contribution is 8.00. The molecule has 1 atom stereocenters. The molecule has 0 unspecified atom stereocenters. The molecule has 1 saturated heterocycles. The summed E-state index contributed by atoms with van der Waals surface area (Å²) < 4.78 is 5.03. The molecule has 9 heteroatoms. The molecule has 0 spiro atoms. The Morgan fingerprint density at radius 2 is 2.04 bits per heavy atom. The number of aromatic hydroxyl groups is 1. The van der Waals surface area contributed by atoms with E-state index in [9.17, 15) is 20.0 Å². The SMILES string of the molecule is COc1cc([C@@H]2SCC(=O)N2c2ccc(Cl)cc2)cc([N+](=O)[O-])c1O. The van der Waals surface area contributed by atoms with E-state index in [1.165, 1.54) is 31.0 Å². The number of phenolic OH excluding ortho intramolecular Hbond substituents is 1. The van der Waals surface area contributed by atoms with Gasteiger partial charge in [0, 0.05) is 16.8 Å². The van der Waals surface area contributed by atoms with Crippen molar-refractivity contribution in [2.24, 2.45) is 0 Å². The van der Waals surface area contributed by atoms with Crippen LogP contribution >= 0.6 is 23.4 Å². The van der Waals surface area contributed by atoms with Crippen molar-refractivity contribution >= 4 is 40.6 Å². The summed E-state index contributed by atoms with van der Waals surface area (Å²) in [6.45, 7) is 0. The van der Waals surface area contributed by atoms with Crippen molar-refractivity contribution in [2.45, 2.75) is 5.37 Å². The molecule has 3 rings (SSSR count). The number of thioether (sulfide) groups is 1. The molecule has 1 aliphatic heterocycles. The van der Waals surface area contributed by atoms with E-state index in [2.05, 4.69) is 0 Å². The predicted molar refractivity (Wildman–Crippen MR) is 95.5 cm³/mol. The van der Waals surface area contributed by atoms with E-state index in [0.717, 1.165) is 0 Å². The maximum atomic E-state index is 12.3. The number of carbonyl (C=O) groups is 1. The van der Waals surface area contributed by atoms with Crippen LogP contribution in [-0.4, -0.2) is 28.8 Å². The van der Waals surface area contributed by atoms with E-state index in [4.69, 9.17) is 16.3 Å². The quantitative estimate of drug-likeness (QED) is 0.641. The molecule has 1 amide bonds. The van der Waals surface area contributed by atoms with Gasteiger partial charge in [-0.3, -0.25) is 19.8 Å². The van der Waals surface area contributed by atoms with Crippen LogP contribution in [0.4, 0.5) is 11.4 Å². The first-order valence-corrected chi connectivity index (χ1v) is 8.59. The fraction of sp³-hybridized carbons (Fsp3) is 0.188. The Labute approximate surface area is 152 Å². The zero-order valence-electron chi connectivity index (χ0n) is 13.0. The lowest BCUT2D eigenvalue weighted by molar-refractivity contribution is -0.386. The van der Waals surface area contributed by atoms with Crippen LogP contribution in [0.2, 0.25) is 5.02 Å². The summed E-state index contributed by atoms with van der Waals surface area (Å²) >= 11 is 7.23. The molecule has 1 aliphatic rings. The number of amides is 1. The third-order valence-electron chi connectivity index (χ3n) is 3.75. The number of carbonyl (C=O) groups excluding carboxylic acids is 1. The molecule has 0 radical (unpaired) electrons. The lowest BCUT2D eigenvalue weighted by Gasteiger charge is -2.24. The average Bonchev–Trinajstić information content (AvgIpc) is 2.97. The molecule has 7 nitrogen and oxygen atoms in total. The van der Waals surface area contributed by atoms with Crippen LogP contribution in [0.1, 0.15) is 10.9 Å². The van der Waals surface area contributed by atoms with Crippen molar-refractivity contribution in [1.29, 1.82) is 0 Å². The number of hydrogen-bond acceptors (Lipinski definition) is 6. The molecule has 2 aromatic rings. The fourth-order valence-corrected chi connectivity index (χ4v) is 3.89. The van der Waals surface area contributed by atoms with Crippen molar-refractivity contribution in [3.63, 3.8) is 0 Å². The number of anilines is 1. The van der Waals surface area contributed by atoms with Crippen molar-refractivity contribution < 1.29 is 19.6 Å². The van der Waals surface area contributed by atoms with Gasteiger partial charge in [0.1, 0.15) is 5.37 Å². The van der Waals surface area contributed by atoms with Gasteiger partial charge in [0.25, 0.3) is 0 Å². The number of nitro benzene ring substituents is 1. The molecular weight excluding hydrogens is 368 g/mol.